The molecule has 15 heavy (non-hydrogen) atoms. The first-order valence-corrected chi connectivity index (χ1v) is 5.44. The van der Waals surface area contributed by atoms with Crippen molar-refractivity contribution < 1.29 is 4.79 Å². The van der Waals surface area contributed by atoms with Crippen LogP contribution in [0.15, 0.2) is 12.4 Å². The highest BCUT2D eigenvalue weighted by atomic mass is 35.5. The third-order valence-electron chi connectivity index (χ3n) is 2.25. The number of carbonyl (C=O) groups excluding carboxylic acids is 1. The number of imidazole rings is 1. The zero-order valence-electron chi connectivity index (χ0n) is 9.11. The first-order valence-electron chi connectivity index (χ1n) is 4.91. The molecule has 0 radical (unpaired) electrons. The summed E-state index contributed by atoms with van der Waals surface area (Å²) in [6, 6.07) is 0. The molecule has 1 rings (SSSR count). The van der Waals surface area contributed by atoms with Gasteiger partial charge in [-0.1, -0.05) is 0 Å². The SMILES string of the molecule is CN(Cc1nccn1C)C(=O)CCCCl. The number of hydrogen-bond acceptors (Lipinski definition) is 2. The van der Waals surface area contributed by atoms with Gasteiger partial charge in [-0.05, 0) is 6.42 Å². The second-order valence-electron chi connectivity index (χ2n) is 3.50. The molecule has 0 aromatic carbocycles. The number of halogens is 1. The lowest BCUT2D eigenvalue weighted by Crippen LogP contribution is -2.27. The summed E-state index contributed by atoms with van der Waals surface area (Å²) in [6.45, 7) is 0.546. The van der Waals surface area contributed by atoms with Gasteiger partial charge in [0, 0.05) is 38.8 Å². The third kappa shape index (κ3) is 3.55. The van der Waals surface area contributed by atoms with Gasteiger partial charge in [0.1, 0.15) is 5.82 Å². The van der Waals surface area contributed by atoms with E-state index in [4.69, 9.17) is 11.6 Å². The predicted molar refractivity (Wildman–Crippen MR) is 59.6 cm³/mol. The summed E-state index contributed by atoms with van der Waals surface area (Å²) in [5, 5.41) is 0. The number of amides is 1. The van der Waals surface area contributed by atoms with Crippen molar-refractivity contribution in [2.24, 2.45) is 7.05 Å². The number of hydrogen-bond donors (Lipinski definition) is 0. The lowest BCUT2D eigenvalue weighted by Gasteiger charge is -2.16. The fourth-order valence-electron chi connectivity index (χ4n) is 1.26. The van der Waals surface area contributed by atoms with E-state index < -0.39 is 0 Å². The Hall–Kier alpha value is -1.03. The van der Waals surface area contributed by atoms with Crippen LogP contribution in [0.3, 0.4) is 0 Å². The highest BCUT2D eigenvalue weighted by Gasteiger charge is 2.10. The van der Waals surface area contributed by atoms with Gasteiger partial charge in [-0.3, -0.25) is 4.79 Å². The van der Waals surface area contributed by atoms with Gasteiger partial charge in [0.05, 0.1) is 6.54 Å². The Bertz CT molecular complexity index is 324. The lowest BCUT2D eigenvalue weighted by molar-refractivity contribution is -0.130. The molecule has 1 heterocycles. The zero-order chi connectivity index (χ0) is 11.3. The van der Waals surface area contributed by atoms with E-state index in [-0.39, 0.29) is 5.91 Å². The monoisotopic (exact) mass is 229 g/mol. The van der Waals surface area contributed by atoms with E-state index in [9.17, 15) is 4.79 Å². The van der Waals surface area contributed by atoms with E-state index in [1.54, 1.807) is 18.1 Å². The Morgan fingerprint density at radius 3 is 2.93 bits per heavy atom. The third-order valence-corrected chi connectivity index (χ3v) is 2.52. The maximum Gasteiger partial charge on any atom is 0.222 e. The molecule has 5 heteroatoms. The molecule has 1 aromatic rings. The smallest absolute Gasteiger partial charge is 0.222 e. The van der Waals surface area contributed by atoms with Crippen LogP contribution in [0.25, 0.3) is 0 Å². The van der Waals surface area contributed by atoms with Crippen LogP contribution in [0.2, 0.25) is 0 Å². The summed E-state index contributed by atoms with van der Waals surface area (Å²) >= 11 is 5.53. The Kier molecular flexibility index (Phi) is 4.62. The highest BCUT2D eigenvalue weighted by Crippen LogP contribution is 2.03. The first-order chi connectivity index (χ1) is 7.15. The predicted octanol–water partition coefficient (Wildman–Crippen LogP) is 1.40. The van der Waals surface area contributed by atoms with Crippen molar-refractivity contribution in [3.05, 3.63) is 18.2 Å². The molecule has 0 N–H and O–H groups in total. The number of aryl methyl sites for hydroxylation is 1. The van der Waals surface area contributed by atoms with E-state index >= 15 is 0 Å². The molecule has 0 fully saturated rings. The molecule has 0 saturated heterocycles. The fraction of sp³-hybridized carbons (Fsp3) is 0.600. The molecule has 0 atom stereocenters. The Balaban J connectivity index is 2.45. The number of rotatable bonds is 5. The summed E-state index contributed by atoms with van der Waals surface area (Å²) in [7, 11) is 3.70. The van der Waals surface area contributed by atoms with Crippen LogP contribution in [0, 0.1) is 0 Å². The van der Waals surface area contributed by atoms with Crippen molar-refractivity contribution in [2.75, 3.05) is 12.9 Å². The molecule has 84 valence electrons. The van der Waals surface area contributed by atoms with Gasteiger partial charge >= 0.3 is 0 Å². The maximum atomic E-state index is 11.6. The van der Waals surface area contributed by atoms with Crippen molar-refractivity contribution in [1.29, 1.82) is 0 Å². The van der Waals surface area contributed by atoms with E-state index in [1.165, 1.54) is 0 Å². The molecular weight excluding hydrogens is 214 g/mol. The molecular formula is C10H16ClN3O. The number of carbonyl (C=O) groups is 1. The topological polar surface area (TPSA) is 38.1 Å². The fourth-order valence-corrected chi connectivity index (χ4v) is 1.39. The molecule has 0 spiro atoms. The van der Waals surface area contributed by atoms with E-state index in [0.717, 1.165) is 12.2 Å². The van der Waals surface area contributed by atoms with Crippen LogP contribution in [-0.2, 0) is 18.4 Å². The lowest BCUT2D eigenvalue weighted by atomic mass is 10.3. The molecule has 0 saturated carbocycles. The Morgan fingerprint density at radius 2 is 2.40 bits per heavy atom. The molecule has 1 amide bonds. The van der Waals surface area contributed by atoms with Gasteiger partial charge in [-0.15, -0.1) is 11.6 Å². The van der Waals surface area contributed by atoms with Crippen LogP contribution in [0.4, 0.5) is 0 Å². The summed E-state index contributed by atoms with van der Waals surface area (Å²) in [5.41, 5.74) is 0. The van der Waals surface area contributed by atoms with E-state index in [1.807, 2.05) is 17.8 Å². The maximum absolute atomic E-state index is 11.6. The van der Waals surface area contributed by atoms with Crippen molar-refractivity contribution in [3.63, 3.8) is 0 Å². The van der Waals surface area contributed by atoms with Crippen molar-refractivity contribution in [1.82, 2.24) is 14.5 Å². The van der Waals surface area contributed by atoms with Crippen LogP contribution >= 0.6 is 11.6 Å². The van der Waals surface area contributed by atoms with Gasteiger partial charge in [-0.25, -0.2) is 4.98 Å². The second-order valence-corrected chi connectivity index (χ2v) is 3.87. The summed E-state index contributed by atoms with van der Waals surface area (Å²) in [5.74, 6) is 1.53. The second kappa shape index (κ2) is 5.75. The van der Waals surface area contributed by atoms with Crippen LogP contribution < -0.4 is 0 Å². The molecule has 0 unspecified atom stereocenters. The minimum atomic E-state index is 0.110. The standard InChI is InChI=1S/C10H16ClN3O/c1-13-7-6-12-9(13)8-14(2)10(15)4-3-5-11/h6-7H,3-5,8H2,1-2H3. The molecule has 0 bridgehead atoms. The van der Waals surface area contributed by atoms with Crippen molar-refractivity contribution >= 4 is 17.5 Å². The average Bonchev–Trinajstić information content (AvgIpc) is 2.61. The zero-order valence-corrected chi connectivity index (χ0v) is 9.87. The Labute approximate surface area is 94.8 Å². The quantitative estimate of drug-likeness (QED) is 0.716. The van der Waals surface area contributed by atoms with E-state index in [2.05, 4.69) is 4.98 Å². The molecule has 4 nitrogen and oxygen atoms in total. The molecule has 0 aliphatic rings. The molecule has 0 aliphatic carbocycles. The highest BCUT2D eigenvalue weighted by molar-refractivity contribution is 6.17. The normalized spacial score (nSPS) is 10.3. The summed E-state index contributed by atoms with van der Waals surface area (Å²) in [4.78, 5) is 17.4. The average molecular weight is 230 g/mol. The number of alkyl halides is 1. The van der Waals surface area contributed by atoms with Gasteiger partial charge in [0.2, 0.25) is 5.91 Å². The van der Waals surface area contributed by atoms with Crippen molar-refractivity contribution in [2.45, 2.75) is 19.4 Å². The van der Waals surface area contributed by atoms with Crippen LogP contribution in [-0.4, -0.2) is 33.3 Å². The van der Waals surface area contributed by atoms with Gasteiger partial charge < -0.3 is 9.47 Å². The van der Waals surface area contributed by atoms with E-state index in [0.29, 0.717) is 18.8 Å². The Morgan fingerprint density at radius 1 is 1.67 bits per heavy atom. The number of aromatic nitrogens is 2. The minimum absolute atomic E-state index is 0.110. The minimum Gasteiger partial charge on any atom is -0.338 e. The first kappa shape index (κ1) is 12.0. The van der Waals surface area contributed by atoms with Crippen molar-refractivity contribution in [3.8, 4) is 0 Å². The summed E-state index contributed by atoms with van der Waals surface area (Å²) in [6.07, 6.45) is 4.83. The van der Waals surface area contributed by atoms with Gasteiger partial charge in [0.25, 0.3) is 0 Å². The van der Waals surface area contributed by atoms with Crippen LogP contribution in [0.5, 0.6) is 0 Å². The molecule has 0 aliphatic heterocycles. The number of nitrogens with zero attached hydrogens (tertiary/aromatic N) is 3. The summed E-state index contributed by atoms with van der Waals surface area (Å²) < 4.78 is 1.91. The van der Waals surface area contributed by atoms with Gasteiger partial charge in [-0.2, -0.15) is 0 Å². The van der Waals surface area contributed by atoms with Gasteiger partial charge in [0.15, 0.2) is 0 Å². The molecule has 1 aromatic heterocycles. The van der Waals surface area contributed by atoms with Crippen LogP contribution in [0.1, 0.15) is 18.7 Å². The largest absolute Gasteiger partial charge is 0.338 e.